The van der Waals surface area contributed by atoms with E-state index in [9.17, 15) is 4.79 Å². The van der Waals surface area contributed by atoms with Crippen molar-refractivity contribution in [2.75, 3.05) is 13.7 Å². The fourth-order valence-corrected chi connectivity index (χ4v) is 4.29. The number of rotatable bonds is 18. The Hall–Kier alpha value is -4.14. The molecule has 0 heterocycles. The van der Waals surface area contributed by atoms with Gasteiger partial charge in [-0.25, -0.2) is 0 Å². The summed E-state index contributed by atoms with van der Waals surface area (Å²) >= 11 is 0. The Morgan fingerprint density at radius 2 is 1.05 bits per heavy atom. The molecule has 0 bridgehead atoms. The maximum absolute atomic E-state index is 13.8. The summed E-state index contributed by atoms with van der Waals surface area (Å²) in [4.78, 5) is 18.8. The van der Waals surface area contributed by atoms with Gasteiger partial charge in [-0.05, 0) is 22.3 Å². The molecule has 4 aromatic rings. The number of nitrogens with zero attached hydrogens (tertiary/aromatic N) is 1. The molecule has 0 spiro atoms. The Morgan fingerprint density at radius 3 is 1.52 bits per heavy atom. The predicted molar refractivity (Wildman–Crippen MR) is 162 cm³/mol. The third kappa shape index (κ3) is 10.4. The number of hydrogen-bond donors (Lipinski definition) is 0. The van der Waals surface area contributed by atoms with Gasteiger partial charge in [0.05, 0.1) is 32.6 Å². The molecule has 0 saturated heterocycles. The van der Waals surface area contributed by atoms with Gasteiger partial charge in [0.1, 0.15) is 32.0 Å². The lowest BCUT2D eigenvalue weighted by molar-refractivity contribution is -0.162. The lowest BCUT2D eigenvalue weighted by Crippen LogP contribution is -2.48. The molecule has 7 nitrogen and oxygen atoms in total. The van der Waals surface area contributed by atoms with Crippen LogP contribution in [0.25, 0.3) is 0 Å². The van der Waals surface area contributed by atoms with Gasteiger partial charge in [-0.15, -0.1) is 0 Å². The third-order valence-corrected chi connectivity index (χ3v) is 6.45. The van der Waals surface area contributed by atoms with Crippen LogP contribution in [0.15, 0.2) is 126 Å². The Labute approximate surface area is 247 Å². The van der Waals surface area contributed by atoms with Gasteiger partial charge in [0.15, 0.2) is 5.78 Å². The molecular weight excluding hydrogens is 530 g/mol. The third-order valence-electron chi connectivity index (χ3n) is 6.45. The van der Waals surface area contributed by atoms with Crippen molar-refractivity contribution in [3.8, 4) is 0 Å². The van der Waals surface area contributed by atoms with E-state index in [2.05, 4.69) is 5.16 Å². The number of Topliss-reactive ketones (excluding diaryl/α,β-unsaturated/α-hetero) is 1. The second-order valence-corrected chi connectivity index (χ2v) is 9.62. The average Bonchev–Trinajstić information content (AvgIpc) is 3.05. The van der Waals surface area contributed by atoms with Crippen LogP contribution in [0, 0.1) is 0 Å². The number of carbonyl (C=O) groups excluding carboxylic acids is 1. The van der Waals surface area contributed by atoms with Crippen molar-refractivity contribution >= 4 is 12.0 Å². The van der Waals surface area contributed by atoms with Gasteiger partial charge in [0.25, 0.3) is 0 Å². The molecule has 0 amide bonds. The molecule has 0 N–H and O–H groups in total. The van der Waals surface area contributed by atoms with E-state index in [1.165, 1.54) is 13.3 Å². The first-order chi connectivity index (χ1) is 20.7. The molecule has 0 aliphatic rings. The van der Waals surface area contributed by atoms with Crippen molar-refractivity contribution in [2.45, 2.75) is 44.7 Å². The molecule has 0 aliphatic carbocycles. The van der Waals surface area contributed by atoms with Crippen LogP contribution in [-0.4, -0.2) is 44.0 Å². The van der Waals surface area contributed by atoms with Gasteiger partial charge in [0.2, 0.25) is 0 Å². The molecule has 4 rings (SSSR count). The zero-order valence-electron chi connectivity index (χ0n) is 23.8. The van der Waals surface area contributed by atoms with Gasteiger partial charge in [0, 0.05) is 0 Å². The molecule has 0 fully saturated rings. The van der Waals surface area contributed by atoms with Crippen LogP contribution in [0.1, 0.15) is 22.3 Å². The highest BCUT2D eigenvalue weighted by Crippen LogP contribution is 2.19. The van der Waals surface area contributed by atoms with Crippen LogP contribution >= 0.6 is 0 Å². The highest BCUT2D eigenvalue weighted by atomic mass is 16.6. The zero-order chi connectivity index (χ0) is 29.2. The second kappa shape index (κ2) is 17.6. The largest absolute Gasteiger partial charge is 0.399 e. The van der Waals surface area contributed by atoms with E-state index in [4.69, 9.17) is 23.8 Å². The predicted octanol–water partition coefficient (Wildman–Crippen LogP) is 6.16. The van der Waals surface area contributed by atoms with E-state index in [-0.39, 0.29) is 32.2 Å². The van der Waals surface area contributed by atoms with Gasteiger partial charge < -0.3 is 23.8 Å². The Kier molecular flexibility index (Phi) is 12.9. The Bertz CT molecular complexity index is 1320. The summed E-state index contributed by atoms with van der Waals surface area (Å²) < 4.78 is 24.9. The topological polar surface area (TPSA) is 75.6 Å². The molecule has 0 unspecified atom stereocenters. The van der Waals surface area contributed by atoms with E-state index in [1.54, 1.807) is 0 Å². The highest BCUT2D eigenvalue weighted by Gasteiger charge is 2.37. The molecule has 0 radical (unpaired) electrons. The number of carbonyl (C=O) groups is 1. The minimum Gasteiger partial charge on any atom is -0.399 e. The fraction of sp³-hybridized carbons (Fsp3) is 0.257. The van der Waals surface area contributed by atoms with E-state index in [1.807, 2.05) is 121 Å². The number of hydrogen-bond acceptors (Lipinski definition) is 7. The average molecular weight is 568 g/mol. The van der Waals surface area contributed by atoms with Gasteiger partial charge in [-0.2, -0.15) is 0 Å². The summed E-state index contributed by atoms with van der Waals surface area (Å²) in [5.41, 5.74) is 3.81. The van der Waals surface area contributed by atoms with Gasteiger partial charge in [-0.1, -0.05) is 126 Å². The molecular formula is C35H37NO6. The zero-order valence-corrected chi connectivity index (χ0v) is 23.8. The Morgan fingerprint density at radius 1 is 0.619 bits per heavy atom. The molecule has 4 aromatic carbocycles. The van der Waals surface area contributed by atoms with Gasteiger partial charge >= 0.3 is 0 Å². The molecule has 0 saturated carbocycles. The lowest BCUT2D eigenvalue weighted by atomic mass is 10.0. The quantitative estimate of drug-likeness (QED) is 0.106. The van der Waals surface area contributed by atoms with Crippen molar-refractivity contribution in [1.82, 2.24) is 0 Å². The summed E-state index contributed by atoms with van der Waals surface area (Å²) in [7, 11) is 1.45. The molecule has 7 heteroatoms. The minimum atomic E-state index is -1.02. The standard InChI is InChI=1S/C35H37NO6/c1-38-36-22-33(40-24-29-16-8-3-9-17-29)35(42-26-31-20-12-5-13-21-31)34(41-25-30-18-10-4-11-19-30)32(37)27-39-23-28-14-6-2-7-15-28/h2-22,33-35H,23-27H2,1H3/b36-22+/t33-,34-,35-/m1/s1. The molecule has 42 heavy (non-hydrogen) atoms. The highest BCUT2D eigenvalue weighted by molar-refractivity contribution is 5.85. The van der Waals surface area contributed by atoms with Crippen LogP contribution in [-0.2, 0) is 55.0 Å². The monoisotopic (exact) mass is 567 g/mol. The summed E-state index contributed by atoms with van der Waals surface area (Å²) in [5.74, 6) is -0.265. The number of ketones is 1. The first-order valence-corrected chi connectivity index (χ1v) is 13.9. The summed E-state index contributed by atoms with van der Waals surface area (Å²) in [6, 6.07) is 38.9. The minimum absolute atomic E-state index is 0.160. The SMILES string of the molecule is CO/N=C/[C@@H](OCc1ccccc1)[C@@H](OCc1ccccc1)[C@H](OCc1ccccc1)C(=O)COCc1ccccc1. The van der Waals surface area contributed by atoms with E-state index in [0.29, 0.717) is 6.61 Å². The second-order valence-electron chi connectivity index (χ2n) is 9.62. The van der Waals surface area contributed by atoms with Crippen LogP contribution in [0.3, 0.4) is 0 Å². The van der Waals surface area contributed by atoms with Gasteiger partial charge in [-0.3, -0.25) is 4.79 Å². The molecule has 3 atom stereocenters. The number of ether oxygens (including phenoxy) is 4. The van der Waals surface area contributed by atoms with Crippen LogP contribution in [0.4, 0.5) is 0 Å². The van der Waals surface area contributed by atoms with E-state index < -0.39 is 18.3 Å². The maximum Gasteiger partial charge on any atom is 0.189 e. The van der Waals surface area contributed by atoms with Crippen molar-refractivity contribution in [3.63, 3.8) is 0 Å². The normalized spacial score (nSPS) is 13.5. The summed E-state index contributed by atoms with van der Waals surface area (Å²) in [6.07, 6.45) is -1.14. The smallest absolute Gasteiger partial charge is 0.189 e. The van der Waals surface area contributed by atoms with Crippen molar-refractivity contribution in [2.24, 2.45) is 5.16 Å². The Balaban J connectivity index is 1.59. The first kappa shape index (κ1) is 30.8. The van der Waals surface area contributed by atoms with Crippen molar-refractivity contribution in [1.29, 1.82) is 0 Å². The van der Waals surface area contributed by atoms with Crippen molar-refractivity contribution in [3.05, 3.63) is 144 Å². The molecule has 0 aliphatic heterocycles. The maximum atomic E-state index is 13.8. The number of benzene rings is 4. The van der Waals surface area contributed by atoms with Crippen LogP contribution in [0.5, 0.6) is 0 Å². The van der Waals surface area contributed by atoms with E-state index >= 15 is 0 Å². The number of oxime groups is 1. The van der Waals surface area contributed by atoms with Crippen molar-refractivity contribution < 1.29 is 28.6 Å². The molecule has 218 valence electrons. The summed E-state index contributed by atoms with van der Waals surface area (Å²) in [5, 5.41) is 3.99. The lowest BCUT2D eigenvalue weighted by Gasteiger charge is -2.31. The first-order valence-electron chi connectivity index (χ1n) is 13.9. The fourth-order valence-electron chi connectivity index (χ4n) is 4.29. The van der Waals surface area contributed by atoms with E-state index in [0.717, 1.165) is 22.3 Å². The summed E-state index contributed by atoms with van der Waals surface area (Å²) in [6.45, 7) is 0.852. The molecule has 0 aromatic heterocycles. The van der Waals surface area contributed by atoms with Crippen LogP contribution in [0.2, 0.25) is 0 Å². The van der Waals surface area contributed by atoms with Crippen LogP contribution < -0.4 is 0 Å².